The van der Waals surface area contributed by atoms with Crippen LogP contribution >= 0.6 is 23.4 Å². The van der Waals surface area contributed by atoms with Crippen molar-refractivity contribution < 1.29 is 17.6 Å². The highest BCUT2D eigenvalue weighted by atomic mass is 35.5. The van der Waals surface area contributed by atoms with Crippen LogP contribution in [-0.4, -0.2) is 0 Å². The molecular weight excluding hydrogens is 326 g/mol. The Labute approximate surface area is 128 Å². The lowest BCUT2D eigenvalue weighted by molar-refractivity contribution is -0.137. The number of halogens is 5. The fourth-order valence-corrected chi connectivity index (χ4v) is 2.97. The maximum absolute atomic E-state index is 13.6. The monoisotopic (exact) mass is 335 g/mol. The van der Waals surface area contributed by atoms with E-state index in [2.05, 4.69) is 0 Å². The second-order valence-electron chi connectivity index (χ2n) is 4.24. The molecule has 0 saturated carbocycles. The first-order chi connectivity index (χ1) is 9.79. The fourth-order valence-electron chi connectivity index (χ4n) is 1.68. The van der Waals surface area contributed by atoms with Crippen LogP contribution in [0.25, 0.3) is 0 Å². The summed E-state index contributed by atoms with van der Waals surface area (Å²) in [5.74, 6) is -0.276. The molecule has 0 aliphatic heterocycles. The van der Waals surface area contributed by atoms with Crippen LogP contribution in [0.4, 0.5) is 23.2 Å². The normalized spacial score (nSPS) is 11.7. The second-order valence-corrected chi connectivity index (χ2v) is 5.66. The van der Waals surface area contributed by atoms with E-state index in [1.165, 1.54) is 18.2 Å². The molecule has 2 N–H and O–H groups in total. The second kappa shape index (κ2) is 6.15. The van der Waals surface area contributed by atoms with Crippen molar-refractivity contribution in [3.63, 3.8) is 0 Å². The Morgan fingerprint density at radius 1 is 1.14 bits per heavy atom. The van der Waals surface area contributed by atoms with Crippen LogP contribution in [0.15, 0.2) is 41.3 Å². The van der Waals surface area contributed by atoms with E-state index in [0.717, 1.165) is 23.9 Å². The molecule has 0 spiro atoms. The van der Waals surface area contributed by atoms with Gasteiger partial charge in [0.15, 0.2) is 0 Å². The van der Waals surface area contributed by atoms with E-state index in [0.29, 0.717) is 10.5 Å². The Hall–Kier alpha value is -1.40. The Bertz CT molecular complexity index is 638. The smallest absolute Gasteiger partial charge is 0.398 e. The van der Waals surface area contributed by atoms with Gasteiger partial charge in [0.05, 0.1) is 5.56 Å². The van der Waals surface area contributed by atoms with Crippen molar-refractivity contribution in [1.29, 1.82) is 0 Å². The topological polar surface area (TPSA) is 26.0 Å². The van der Waals surface area contributed by atoms with E-state index in [1.807, 2.05) is 0 Å². The lowest BCUT2D eigenvalue weighted by Crippen LogP contribution is -2.05. The molecule has 2 rings (SSSR count). The van der Waals surface area contributed by atoms with E-state index in [4.69, 9.17) is 17.3 Å². The van der Waals surface area contributed by atoms with Crippen LogP contribution in [0.5, 0.6) is 0 Å². The molecule has 7 heteroatoms. The molecule has 0 unspecified atom stereocenters. The average molecular weight is 336 g/mol. The van der Waals surface area contributed by atoms with Crippen molar-refractivity contribution in [3.8, 4) is 0 Å². The van der Waals surface area contributed by atoms with Gasteiger partial charge in [-0.15, -0.1) is 11.8 Å². The van der Waals surface area contributed by atoms with Crippen LogP contribution in [-0.2, 0) is 11.9 Å². The molecule has 2 aromatic rings. The molecule has 0 aliphatic rings. The first-order valence-corrected chi connectivity index (χ1v) is 7.18. The molecule has 21 heavy (non-hydrogen) atoms. The van der Waals surface area contributed by atoms with E-state index < -0.39 is 17.6 Å². The van der Waals surface area contributed by atoms with Crippen molar-refractivity contribution in [2.75, 3.05) is 5.73 Å². The number of anilines is 1. The summed E-state index contributed by atoms with van der Waals surface area (Å²) in [6, 6.07) is 7.40. The van der Waals surface area contributed by atoms with Crippen LogP contribution in [0.3, 0.4) is 0 Å². The SMILES string of the molecule is Nc1cc(C(F)(F)F)ccc1SCc1c(F)cccc1Cl. The number of nitrogens with two attached hydrogens (primary N) is 1. The van der Waals surface area contributed by atoms with Crippen molar-refractivity contribution in [2.24, 2.45) is 0 Å². The molecule has 0 radical (unpaired) electrons. The lowest BCUT2D eigenvalue weighted by atomic mass is 10.2. The predicted octanol–water partition coefficient (Wildman–Crippen LogP) is 5.37. The van der Waals surface area contributed by atoms with Gasteiger partial charge in [0, 0.05) is 26.9 Å². The summed E-state index contributed by atoms with van der Waals surface area (Å²) in [6.07, 6.45) is -4.44. The summed E-state index contributed by atoms with van der Waals surface area (Å²) in [6.45, 7) is 0. The molecule has 0 aliphatic carbocycles. The zero-order valence-electron chi connectivity index (χ0n) is 10.5. The fraction of sp³-hybridized carbons (Fsp3) is 0.143. The van der Waals surface area contributed by atoms with Gasteiger partial charge in [-0.25, -0.2) is 4.39 Å². The zero-order chi connectivity index (χ0) is 15.6. The van der Waals surface area contributed by atoms with Crippen LogP contribution < -0.4 is 5.73 Å². The van der Waals surface area contributed by atoms with E-state index in [1.54, 1.807) is 6.07 Å². The first kappa shape index (κ1) is 16.0. The number of hydrogen-bond donors (Lipinski definition) is 1. The molecule has 0 atom stereocenters. The van der Waals surface area contributed by atoms with Crippen LogP contribution in [0.1, 0.15) is 11.1 Å². The minimum absolute atomic E-state index is 0.00212. The Morgan fingerprint density at radius 3 is 2.43 bits per heavy atom. The average Bonchev–Trinajstić information content (AvgIpc) is 2.38. The van der Waals surface area contributed by atoms with Gasteiger partial charge < -0.3 is 5.73 Å². The maximum Gasteiger partial charge on any atom is 0.416 e. The Morgan fingerprint density at radius 2 is 1.86 bits per heavy atom. The number of hydrogen-bond acceptors (Lipinski definition) is 2. The highest BCUT2D eigenvalue weighted by Crippen LogP contribution is 2.36. The van der Waals surface area contributed by atoms with E-state index in [-0.39, 0.29) is 16.5 Å². The van der Waals surface area contributed by atoms with Crippen molar-refractivity contribution in [3.05, 3.63) is 58.4 Å². The molecule has 0 aromatic heterocycles. The van der Waals surface area contributed by atoms with Gasteiger partial charge in [0.2, 0.25) is 0 Å². The molecule has 0 bridgehead atoms. The van der Waals surface area contributed by atoms with Crippen molar-refractivity contribution in [1.82, 2.24) is 0 Å². The minimum Gasteiger partial charge on any atom is -0.398 e. The maximum atomic E-state index is 13.6. The van der Waals surface area contributed by atoms with Gasteiger partial charge in [-0.2, -0.15) is 13.2 Å². The summed E-state index contributed by atoms with van der Waals surface area (Å²) in [5, 5.41) is 0.271. The minimum atomic E-state index is -4.44. The lowest BCUT2D eigenvalue weighted by Gasteiger charge is -2.11. The molecule has 2 aromatic carbocycles. The summed E-state index contributed by atoms with van der Waals surface area (Å²) >= 11 is 7.02. The number of nitrogen functional groups attached to an aromatic ring is 1. The number of alkyl halides is 3. The van der Waals surface area contributed by atoms with Gasteiger partial charge in [-0.3, -0.25) is 0 Å². The summed E-state index contributed by atoms with van der Waals surface area (Å²) in [7, 11) is 0. The standard InChI is InChI=1S/C14H10ClF4NS/c15-10-2-1-3-11(16)9(10)7-21-13-5-4-8(6-12(13)20)14(17,18)19/h1-6H,7,20H2. The third-order valence-corrected chi connectivity index (χ3v) is 4.24. The largest absolute Gasteiger partial charge is 0.416 e. The predicted molar refractivity (Wildman–Crippen MR) is 76.8 cm³/mol. The van der Waals surface area contributed by atoms with Crippen molar-refractivity contribution >= 4 is 29.1 Å². The van der Waals surface area contributed by atoms with Crippen molar-refractivity contribution in [2.45, 2.75) is 16.8 Å². The van der Waals surface area contributed by atoms with Crippen LogP contribution in [0, 0.1) is 5.82 Å². The number of thioether (sulfide) groups is 1. The zero-order valence-corrected chi connectivity index (χ0v) is 12.1. The number of benzene rings is 2. The van der Waals surface area contributed by atoms with Crippen LogP contribution in [0.2, 0.25) is 5.02 Å². The quantitative estimate of drug-likeness (QED) is 0.463. The molecule has 0 amide bonds. The van der Waals surface area contributed by atoms with Gasteiger partial charge in [-0.1, -0.05) is 17.7 Å². The summed E-state index contributed by atoms with van der Waals surface area (Å²) < 4.78 is 51.2. The highest BCUT2D eigenvalue weighted by molar-refractivity contribution is 7.98. The third-order valence-electron chi connectivity index (χ3n) is 2.77. The third kappa shape index (κ3) is 3.83. The Balaban J connectivity index is 2.18. The molecular formula is C14H10ClF4NS. The summed E-state index contributed by atoms with van der Waals surface area (Å²) in [5.41, 5.74) is 5.10. The molecule has 0 heterocycles. The van der Waals surface area contributed by atoms with Gasteiger partial charge >= 0.3 is 6.18 Å². The van der Waals surface area contributed by atoms with E-state index in [9.17, 15) is 17.6 Å². The highest BCUT2D eigenvalue weighted by Gasteiger charge is 2.30. The Kier molecular flexibility index (Phi) is 4.68. The molecule has 1 nitrogen and oxygen atoms in total. The van der Waals surface area contributed by atoms with Gasteiger partial charge in [-0.05, 0) is 30.3 Å². The number of rotatable bonds is 3. The van der Waals surface area contributed by atoms with E-state index >= 15 is 0 Å². The van der Waals surface area contributed by atoms with Gasteiger partial charge in [0.1, 0.15) is 5.82 Å². The molecule has 112 valence electrons. The first-order valence-electron chi connectivity index (χ1n) is 5.81. The molecule has 0 fully saturated rings. The van der Waals surface area contributed by atoms with Gasteiger partial charge in [0.25, 0.3) is 0 Å². The molecule has 0 saturated heterocycles. The summed E-state index contributed by atoms with van der Waals surface area (Å²) in [4.78, 5) is 0.447.